The Morgan fingerprint density at radius 1 is 0.949 bits per heavy atom. The van der Waals surface area contributed by atoms with E-state index in [0.717, 1.165) is 47.4 Å². The summed E-state index contributed by atoms with van der Waals surface area (Å²) in [6.45, 7) is 6.49. The van der Waals surface area contributed by atoms with Crippen LogP contribution in [0.15, 0.2) is 89.7 Å². The Bertz CT molecular complexity index is 1550. The lowest BCUT2D eigenvalue weighted by molar-refractivity contribution is 0.172. The van der Waals surface area contributed by atoms with Crippen molar-refractivity contribution in [2.75, 3.05) is 13.2 Å². The third-order valence-electron chi connectivity index (χ3n) is 6.97. The first-order valence-corrected chi connectivity index (χ1v) is 13.5. The van der Waals surface area contributed by atoms with E-state index >= 15 is 0 Å². The number of aromatic amines is 1. The van der Waals surface area contributed by atoms with Gasteiger partial charge in [-0.3, -0.25) is 9.69 Å². The number of nitrogens with one attached hydrogen (secondary N) is 1. The van der Waals surface area contributed by atoms with E-state index in [0.29, 0.717) is 25.3 Å². The van der Waals surface area contributed by atoms with Gasteiger partial charge in [0.05, 0.1) is 19.2 Å². The van der Waals surface area contributed by atoms with Gasteiger partial charge in [0, 0.05) is 29.6 Å². The van der Waals surface area contributed by atoms with Gasteiger partial charge in [-0.25, -0.2) is 4.68 Å². The normalized spacial score (nSPS) is 12.2. The molecule has 0 aliphatic rings. The van der Waals surface area contributed by atoms with Crippen molar-refractivity contribution < 1.29 is 4.74 Å². The molecule has 0 saturated heterocycles. The number of rotatable bonds is 12. The second-order valence-corrected chi connectivity index (χ2v) is 9.62. The van der Waals surface area contributed by atoms with Crippen LogP contribution in [0.1, 0.15) is 48.8 Å². The van der Waals surface area contributed by atoms with Gasteiger partial charge in [0.15, 0.2) is 5.82 Å². The summed E-state index contributed by atoms with van der Waals surface area (Å²) in [4.78, 5) is 18.6. The minimum atomic E-state index is -0.0879. The number of nitrogens with zero attached hydrogens (tertiary/aromatic N) is 5. The van der Waals surface area contributed by atoms with Gasteiger partial charge in [0.1, 0.15) is 5.75 Å². The maximum absolute atomic E-state index is 13.2. The summed E-state index contributed by atoms with van der Waals surface area (Å²) >= 11 is 0. The number of benzene rings is 3. The van der Waals surface area contributed by atoms with Crippen molar-refractivity contribution in [1.29, 1.82) is 0 Å². The smallest absolute Gasteiger partial charge is 0.252 e. The number of fused-ring (bicyclic) bond motifs is 1. The van der Waals surface area contributed by atoms with Crippen LogP contribution in [-0.4, -0.2) is 43.2 Å². The SMILES string of the molecule is CCOc1ccc2[nH]c(=O)c(CN(CCc3ccccc3)[C@H](CC)c3nnnn3Cc3ccccc3)cc2c1. The van der Waals surface area contributed by atoms with E-state index in [9.17, 15) is 4.79 Å². The highest BCUT2D eigenvalue weighted by atomic mass is 16.5. The van der Waals surface area contributed by atoms with Crippen molar-refractivity contribution >= 4 is 10.9 Å². The molecule has 0 unspecified atom stereocenters. The van der Waals surface area contributed by atoms with Crippen LogP contribution in [0.3, 0.4) is 0 Å². The third-order valence-corrected chi connectivity index (χ3v) is 6.97. The fraction of sp³-hybridized carbons (Fsp3) is 0.290. The van der Waals surface area contributed by atoms with Gasteiger partial charge in [0.25, 0.3) is 5.56 Å². The average molecular weight is 523 g/mol. The van der Waals surface area contributed by atoms with E-state index in [-0.39, 0.29) is 11.6 Å². The van der Waals surface area contributed by atoms with Gasteiger partial charge >= 0.3 is 0 Å². The summed E-state index contributed by atoms with van der Waals surface area (Å²) < 4.78 is 7.56. The molecule has 2 aromatic heterocycles. The molecule has 2 heterocycles. The maximum Gasteiger partial charge on any atom is 0.252 e. The van der Waals surface area contributed by atoms with E-state index in [1.807, 2.05) is 60.1 Å². The molecule has 1 atom stereocenters. The molecule has 3 aromatic carbocycles. The van der Waals surface area contributed by atoms with E-state index in [1.54, 1.807) is 0 Å². The van der Waals surface area contributed by atoms with Crippen LogP contribution in [0.2, 0.25) is 0 Å². The Kier molecular flexibility index (Phi) is 8.43. The summed E-state index contributed by atoms with van der Waals surface area (Å²) in [7, 11) is 0. The summed E-state index contributed by atoms with van der Waals surface area (Å²) in [5.41, 5.74) is 3.78. The summed E-state index contributed by atoms with van der Waals surface area (Å²) in [6.07, 6.45) is 1.64. The molecule has 0 radical (unpaired) electrons. The summed E-state index contributed by atoms with van der Waals surface area (Å²) in [5.74, 6) is 1.58. The molecule has 0 saturated carbocycles. The molecule has 0 bridgehead atoms. The molecule has 0 spiro atoms. The minimum absolute atomic E-state index is 0.0720. The molecule has 39 heavy (non-hydrogen) atoms. The number of aromatic nitrogens is 5. The van der Waals surface area contributed by atoms with E-state index in [2.05, 4.69) is 68.7 Å². The van der Waals surface area contributed by atoms with Gasteiger partial charge in [0.2, 0.25) is 0 Å². The monoisotopic (exact) mass is 522 g/mol. The van der Waals surface area contributed by atoms with Crippen LogP contribution in [-0.2, 0) is 19.5 Å². The second-order valence-electron chi connectivity index (χ2n) is 9.62. The molecule has 200 valence electrons. The molecular weight excluding hydrogens is 488 g/mol. The highest BCUT2D eigenvalue weighted by molar-refractivity contribution is 5.80. The molecule has 8 heteroatoms. The lowest BCUT2D eigenvalue weighted by Crippen LogP contribution is -2.34. The van der Waals surface area contributed by atoms with Gasteiger partial charge < -0.3 is 9.72 Å². The van der Waals surface area contributed by atoms with E-state index < -0.39 is 0 Å². The minimum Gasteiger partial charge on any atom is -0.494 e. The highest BCUT2D eigenvalue weighted by Gasteiger charge is 2.26. The first-order chi connectivity index (χ1) is 19.1. The quantitative estimate of drug-likeness (QED) is 0.244. The molecule has 0 aliphatic heterocycles. The van der Waals surface area contributed by atoms with Crippen molar-refractivity contribution in [2.45, 2.75) is 45.8 Å². The van der Waals surface area contributed by atoms with Crippen molar-refractivity contribution in [2.24, 2.45) is 0 Å². The van der Waals surface area contributed by atoms with Crippen LogP contribution in [0.5, 0.6) is 5.75 Å². The number of H-pyrrole nitrogens is 1. The van der Waals surface area contributed by atoms with Crippen molar-refractivity contribution in [3.8, 4) is 5.75 Å². The van der Waals surface area contributed by atoms with Crippen molar-refractivity contribution in [3.63, 3.8) is 0 Å². The van der Waals surface area contributed by atoms with Crippen LogP contribution in [0.25, 0.3) is 10.9 Å². The Morgan fingerprint density at radius 2 is 1.69 bits per heavy atom. The van der Waals surface area contributed by atoms with Crippen molar-refractivity contribution in [1.82, 2.24) is 30.1 Å². The van der Waals surface area contributed by atoms with E-state index in [1.165, 1.54) is 5.56 Å². The topological polar surface area (TPSA) is 88.9 Å². The third kappa shape index (κ3) is 6.41. The van der Waals surface area contributed by atoms with Crippen LogP contribution in [0.4, 0.5) is 0 Å². The van der Waals surface area contributed by atoms with Crippen LogP contribution < -0.4 is 10.3 Å². The van der Waals surface area contributed by atoms with Crippen LogP contribution >= 0.6 is 0 Å². The highest BCUT2D eigenvalue weighted by Crippen LogP contribution is 2.26. The number of pyridine rings is 1. The Balaban J connectivity index is 1.48. The largest absolute Gasteiger partial charge is 0.494 e. The number of hydrogen-bond acceptors (Lipinski definition) is 6. The van der Waals surface area contributed by atoms with Crippen LogP contribution in [0, 0.1) is 0 Å². The standard InChI is InChI=1S/C31H34N6O2/c1-3-29(30-33-34-35-37(30)21-24-13-9-6-10-14-24)36(18-17-23-11-7-5-8-12-23)22-26-19-25-20-27(39-4-2)15-16-28(25)32-31(26)38/h5-16,19-20,29H,3-4,17-18,21-22H2,1-2H3,(H,32,38)/t29-/m1/s1. The molecule has 5 rings (SSSR count). The van der Waals surface area contributed by atoms with Gasteiger partial charge in [-0.05, 0) is 65.6 Å². The lowest BCUT2D eigenvalue weighted by atomic mass is 10.1. The van der Waals surface area contributed by atoms with Gasteiger partial charge in [-0.2, -0.15) is 0 Å². The summed E-state index contributed by atoms with van der Waals surface area (Å²) in [5, 5.41) is 13.8. The molecule has 1 N–H and O–H groups in total. The zero-order valence-electron chi connectivity index (χ0n) is 22.5. The zero-order chi connectivity index (χ0) is 27.0. The molecule has 0 aliphatic carbocycles. The predicted octanol–water partition coefficient (Wildman–Crippen LogP) is 5.16. The average Bonchev–Trinajstić information content (AvgIpc) is 3.41. The summed E-state index contributed by atoms with van der Waals surface area (Å²) in [6, 6.07) is 28.3. The fourth-order valence-corrected chi connectivity index (χ4v) is 5.01. The number of tetrazole rings is 1. The molecule has 0 amide bonds. The number of hydrogen-bond donors (Lipinski definition) is 1. The Hall–Kier alpha value is -4.30. The van der Waals surface area contributed by atoms with Gasteiger partial charge in [-0.1, -0.05) is 67.6 Å². The zero-order valence-corrected chi connectivity index (χ0v) is 22.5. The lowest BCUT2D eigenvalue weighted by Gasteiger charge is -2.30. The molecule has 8 nitrogen and oxygen atoms in total. The first-order valence-electron chi connectivity index (χ1n) is 13.5. The second kappa shape index (κ2) is 12.5. The molecule has 5 aromatic rings. The van der Waals surface area contributed by atoms with Gasteiger partial charge in [-0.15, -0.1) is 5.10 Å². The maximum atomic E-state index is 13.2. The fourth-order valence-electron chi connectivity index (χ4n) is 5.01. The Labute approximate surface area is 228 Å². The van der Waals surface area contributed by atoms with Crippen molar-refractivity contribution in [3.05, 3.63) is 118 Å². The number of ether oxygens (including phenoxy) is 1. The molecular formula is C31H34N6O2. The first kappa shape index (κ1) is 26.3. The van der Waals surface area contributed by atoms with E-state index in [4.69, 9.17) is 4.74 Å². The predicted molar refractivity (Wildman–Crippen MR) is 153 cm³/mol. The Morgan fingerprint density at radius 3 is 2.41 bits per heavy atom. The molecule has 0 fully saturated rings.